The molecule has 6 heteroatoms. The Bertz CT molecular complexity index is 726. The maximum atomic E-state index is 12.0. The summed E-state index contributed by atoms with van der Waals surface area (Å²) in [6.07, 6.45) is 1.35. The number of rotatable bonds is 9. The summed E-state index contributed by atoms with van der Waals surface area (Å²) in [6.45, 7) is 2.29. The lowest BCUT2D eigenvalue weighted by atomic mass is 10.1. The zero-order valence-corrected chi connectivity index (χ0v) is 15.0. The first-order valence-electron chi connectivity index (χ1n) is 8.31. The van der Waals surface area contributed by atoms with Crippen LogP contribution in [0.5, 0.6) is 0 Å². The highest BCUT2D eigenvalue weighted by Gasteiger charge is 2.11. The predicted molar refractivity (Wildman–Crippen MR) is 100.0 cm³/mol. The van der Waals surface area contributed by atoms with Crippen LogP contribution in [-0.4, -0.2) is 24.1 Å². The summed E-state index contributed by atoms with van der Waals surface area (Å²) in [5.41, 5.74) is 1.88. The lowest BCUT2D eigenvalue weighted by Gasteiger charge is -2.10. The summed E-state index contributed by atoms with van der Waals surface area (Å²) in [6, 6.07) is 11.2. The molecule has 0 aliphatic rings. The van der Waals surface area contributed by atoms with Crippen LogP contribution in [0.4, 0.5) is 5.69 Å². The van der Waals surface area contributed by atoms with Gasteiger partial charge in [-0.3, -0.25) is 14.4 Å². The Hall–Kier alpha value is -2.47. The van der Waals surface area contributed by atoms with E-state index in [1.165, 1.54) is 11.3 Å². The van der Waals surface area contributed by atoms with Crippen LogP contribution in [0.15, 0.2) is 41.8 Å². The minimum Gasteiger partial charge on any atom is -0.356 e. The summed E-state index contributed by atoms with van der Waals surface area (Å²) in [5.74, 6) is -0.387. The second-order valence-corrected chi connectivity index (χ2v) is 6.51. The number of amides is 2. The van der Waals surface area contributed by atoms with Crippen LogP contribution in [0.25, 0.3) is 0 Å². The first-order chi connectivity index (χ1) is 12.1. The third-order valence-electron chi connectivity index (χ3n) is 3.72. The molecule has 25 heavy (non-hydrogen) atoms. The van der Waals surface area contributed by atoms with E-state index in [2.05, 4.69) is 10.6 Å². The van der Waals surface area contributed by atoms with E-state index in [-0.39, 0.29) is 43.4 Å². The number of benzene rings is 1. The van der Waals surface area contributed by atoms with E-state index in [9.17, 15) is 14.4 Å². The standard InChI is InChI=1S/C19H22N2O3S/c1-2-14-6-3-4-7-15(14)21-19(24)11-12-20-18(23)10-9-16(22)17-8-5-13-25-17/h3-8,13H,2,9-12H2,1H3,(H,20,23)(H,21,24). The molecule has 2 rings (SSSR count). The first kappa shape index (κ1) is 18.9. The molecule has 0 saturated carbocycles. The molecular weight excluding hydrogens is 336 g/mol. The molecule has 0 aliphatic heterocycles. The lowest BCUT2D eigenvalue weighted by Crippen LogP contribution is -2.28. The molecule has 1 aromatic heterocycles. The Labute approximate surface area is 151 Å². The van der Waals surface area contributed by atoms with Crippen LogP contribution in [0.3, 0.4) is 0 Å². The fourth-order valence-corrected chi connectivity index (χ4v) is 3.05. The number of anilines is 1. The van der Waals surface area contributed by atoms with Crippen molar-refractivity contribution in [1.29, 1.82) is 0 Å². The molecule has 2 amide bonds. The third-order valence-corrected chi connectivity index (χ3v) is 4.63. The summed E-state index contributed by atoms with van der Waals surface area (Å²) >= 11 is 1.37. The molecule has 5 nitrogen and oxygen atoms in total. The average molecular weight is 358 g/mol. The van der Waals surface area contributed by atoms with Gasteiger partial charge >= 0.3 is 0 Å². The number of ketones is 1. The molecule has 0 spiro atoms. The summed E-state index contributed by atoms with van der Waals surface area (Å²) in [7, 11) is 0. The molecule has 2 aromatic rings. The van der Waals surface area contributed by atoms with Crippen molar-refractivity contribution < 1.29 is 14.4 Å². The van der Waals surface area contributed by atoms with E-state index in [1.54, 1.807) is 6.07 Å². The van der Waals surface area contributed by atoms with Crippen molar-refractivity contribution in [3.63, 3.8) is 0 Å². The monoisotopic (exact) mass is 358 g/mol. The van der Waals surface area contributed by atoms with Crippen LogP contribution in [0.1, 0.15) is 41.4 Å². The minimum absolute atomic E-state index is 0.0286. The Morgan fingerprint density at radius 3 is 2.48 bits per heavy atom. The second kappa shape index (κ2) is 9.74. The number of hydrogen-bond acceptors (Lipinski definition) is 4. The average Bonchev–Trinajstić information content (AvgIpc) is 3.15. The molecule has 2 N–H and O–H groups in total. The van der Waals surface area contributed by atoms with E-state index in [0.29, 0.717) is 4.88 Å². The van der Waals surface area contributed by atoms with Gasteiger partial charge in [-0.1, -0.05) is 31.2 Å². The fraction of sp³-hybridized carbons (Fsp3) is 0.316. The highest BCUT2D eigenvalue weighted by Crippen LogP contribution is 2.15. The second-order valence-electron chi connectivity index (χ2n) is 5.56. The highest BCUT2D eigenvalue weighted by atomic mass is 32.1. The highest BCUT2D eigenvalue weighted by molar-refractivity contribution is 7.12. The fourth-order valence-electron chi connectivity index (χ4n) is 2.35. The van der Waals surface area contributed by atoms with Gasteiger partial charge in [0, 0.05) is 31.5 Å². The van der Waals surface area contributed by atoms with Gasteiger partial charge in [0.1, 0.15) is 0 Å². The molecule has 0 bridgehead atoms. The molecule has 132 valence electrons. The number of Topliss-reactive ketones (excluding diaryl/α,β-unsaturated/α-hetero) is 1. The Morgan fingerprint density at radius 2 is 1.76 bits per heavy atom. The topological polar surface area (TPSA) is 75.3 Å². The summed E-state index contributed by atoms with van der Waals surface area (Å²) in [5, 5.41) is 7.38. The van der Waals surface area contributed by atoms with Crippen molar-refractivity contribution in [2.45, 2.75) is 32.6 Å². The van der Waals surface area contributed by atoms with Crippen LogP contribution in [-0.2, 0) is 16.0 Å². The van der Waals surface area contributed by atoms with Gasteiger partial charge in [-0.05, 0) is 29.5 Å². The van der Waals surface area contributed by atoms with E-state index in [1.807, 2.05) is 42.6 Å². The van der Waals surface area contributed by atoms with Crippen molar-refractivity contribution >= 4 is 34.6 Å². The molecular formula is C19H22N2O3S. The quantitative estimate of drug-likeness (QED) is 0.675. The van der Waals surface area contributed by atoms with E-state index >= 15 is 0 Å². The van der Waals surface area contributed by atoms with Crippen LogP contribution < -0.4 is 10.6 Å². The number of para-hydroxylation sites is 1. The number of nitrogens with one attached hydrogen (secondary N) is 2. The predicted octanol–water partition coefficient (Wildman–Crippen LogP) is 3.42. The molecule has 0 atom stereocenters. The van der Waals surface area contributed by atoms with Gasteiger partial charge in [-0.2, -0.15) is 0 Å². The van der Waals surface area contributed by atoms with Crippen LogP contribution in [0, 0.1) is 0 Å². The van der Waals surface area contributed by atoms with Gasteiger partial charge in [0.2, 0.25) is 11.8 Å². The maximum Gasteiger partial charge on any atom is 0.226 e. The minimum atomic E-state index is -0.216. The third kappa shape index (κ3) is 6.15. The normalized spacial score (nSPS) is 10.3. The van der Waals surface area contributed by atoms with Gasteiger partial charge in [-0.15, -0.1) is 11.3 Å². The number of hydrogen-bond donors (Lipinski definition) is 2. The van der Waals surface area contributed by atoms with Gasteiger partial charge in [-0.25, -0.2) is 0 Å². The Morgan fingerprint density at radius 1 is 0.960 bits per heavy atom. The van der Waals surface area contributed by atoms with Gasteiger partial charge in [0.25, 0.3) is 0 Å². The van der Waals surface area contributed by atoms with Crippen molar-refractivity contribution in [2.24, 2.45) is 0 Å². The summed E-state index contributed by atoms with van der Waals surface area (Å²) in [4.78, 5) is 36.2. The van der Waals surface area contributed by atoms with Crippen molar-refractivity contribution in [2.75, 3.05) is 11.9 Å². The lowest BCUT2D eigenvalue weighted by molar-refractivity contribution is -0.121. The van der Waals surface area contributed by atoms with Crippen LogP contribution in [0.2, 0.25) is 0 Å². The smallest absolute Gasteiger partial charge is 0.226 e. The van der Waals surface area contributed by atoms with Crippen molar-refractivity contribution in [3.05, 3.63) is 52.2 Å². The Kier molecular flexibility index (Phi) is 7.35. The molecule has 0 aliphatic carbocycles. The first-order valence-corrected chi connectivity index (χ1v) is 9.19. The van der Waals surface area contributed by atoms with Crippen LogP contribution >= 0.6 is 11.3 Å². The van der Waals surface area contributed by atoms with Gasteiger partial charge < -0.3 is 10.6 Å². The van der Waals surface area contributed by atoms with Crippen molar-refractivity contribution in [3.8, 4) is 0 Å². The zero-order valence-electron chi connectivity index (χ0n) is 14.2. The molecule has 0 unspecified atom stereocenters. The number of carbonyl (C=O) groups is 3. The molecule has 0 radical (unpaired) electrons. The molecule has 1 heterocycles. The Balaban J connectivity index is 1.66. The van der Waals surface area contributed by atoms with E-state index in [0.717, 1.165) is 17.7 Å². The van der Waals surface area contributed by atoms with Crippen molar-refractivity contribution in [1.82, 2.24) is 5.32 Å². The summed E-state index contributed by atoms with van der Waals surface area (Å²) < 4.78 is 0. The number of thiophene rings is 1. The van der Waals surface area contributed by atoms with Gasteiger partial charge in [0.05, 0.1) is 4.88 Å². The molecule has 0 fully saturated rings. The van der Waals surface area contributed by atoms with E-state index < -0.39 is 0 Å². The molecule has 0 saturated heterocycles. The van der Waals surface area contributed by atoms with Gasteiger partial charge in [0.15, 0.2) is 5.78 Å². The maximum absolute atomic E-state index is 12.0. The SMILES string of the molecule is CCc1ccccc1NC(=O)CCNC(=O)CCC(=O)c1cccs1. The molecule has 1 aromatic carbocycles. The van der Waals surface area contributed by atoms with E-state index in [4.69, 9.17) is 0 Å². The number of aryl methyl sites for hydroxylation is 1. The largest absolute Gasteiger partial charge is 0.356 e. The zero-order chi connectivity index (χ0) is 18.1. The number of carbonyl (C=O) groups excluding carboxylic acids is 3.